The Labute approximate surface area is 216 Å². The van der Waals surface area contributed by atoms with Crippen molar-refractivity contribution >= 4 is 17.4 Å². The lowest BCUT2D eigenvalue weighted by molar-refractivity contribution is 0.197. The Morgan fingerprint density at radius 2 is 1.84 bits per heavy atom. The summed E-state index contributed by atoms with van der Waals surface area (Å²) in [6.07, 6.45) is 0.361. The number of hydrogen-bond donors (Lipinski definition) is 1. The van der Waals surface area contributed by atoms with Gasteiger partial charge in [0.05, 0.1) is 43.0 Å². The highest BCUT2D eigenvalue weighted by atomic mass is 16.6. The standard InChI is InChI=1S/C28H31N5O4/c1-17-7-6-8-22(13-17)37-28(34)30-21-11-12-32(16-21)23-14-18(2)31-33-26(19(3)29-27(23)33)20-9-10-24(35-4)25(15-20)36-5/h6-10,13-15,21H,11-12,16H2,1-5H3,(H,30,34). The SMILES string of the molecule is COc1ccc(-c2c(C)nc3c(N4CCC(NC(=O)Oc5cccc(C)c5)C4)cc(C)nn23)cc1OC. The van der Waals surface area contributed by atoms with Crippen molar-refractivity contribution < 1.29 is 19.0 Å². The van der Waals surface area contributed by atoms with Crippen LogP contribution in [-0.2, 0) is 0 Å². The molecule has 1 unspecified atom stereocenters. The van der Waals surface area contributed by atoms with Crippen molar-refractivity contribution in [3.05, 3.63) is 65.5 Å². The first-order valence-electron chi connectivity index (χ1n) is 12.3. The van der Waals surface area contributed by atoms with E-state index in [1.54, 1.807) is 20.3 Å². The van der Waals surface area contributed by atoms with Gasteiger partial charge in [0.1, 0.15) is 5.75 Å². The van der Waals surface area contributed by atoms with Crippen LogP contribution in [0, 0.1) is 20.8 Å². The minimum atomic E-state index is -0.444. The van der Waals surface area contributed by atoms with Crippen LogP contribution in [0.4, 0.5) is 10.5 Å². The molecule has 0 spiro atoms. The van der Waals surface area contributed by atoms with Gasteiger partial charge in [0.15, 0.2) is 17.1 Å². The zero-order valence-corrected chi connectivity index (χ0v) is 21.7. The molecule has 4 aromatic rings. The quantitative estimate of drug-likeness (QED) is 0.409. The highest BCUT2D eigenvalue weighted by Crippen LogP contribution is 2.35. The molecule has 1 aliphatic heterocycles. The fraction of sp³-hybridized carbons (Fsp3) is 0.321. The number of imidazole rings is 1. The van der Waals surface area contributed by atoms with E-state index in [2.05, 4.69) is 10.2 Å². The van der Waals surface area contributed by atoms with Crippen LogP contribution in [0.5, 0.6) is 17.2 Å². The number of amides is 1. The molecular weight excluding hydrogens is 470 g/mol. The van der Waals surface area contributed by atoms with E-state index in [9.17, 15) is 4.79 Å². The number of carbonyl (C=O) groups is 1. The van der Waals surface area contributed by atoms with Gasteiger partial charge in [-0.05, 0) is 69.2 Å². The largest absolute Gasteiger partial charge is 0.493 e. The normalized spacial score (nSPS) is 15.2. The second-order valence-corrected chi connectivity index (χ2v) is 9.30. The highest BCUT2D eigenvalue weighted by Gasteiger charge is 2.28. The highest BCUT2D eigenvalue weighted by molar-refractivity contribution is 5.77. The molecule has 192 valence electrons. The first kappa shape index (κ1) is 24.4. The summed E-state index contributed by atoms with van der Waals surface area (Å²) >= 11 is 0. The van der Waals surface area contributed by atoms with E-state index in [-0.39, 0.29) is 6.04 Å². The maximum atomic E-state index is 12.5. The van der Waals surface area contributed by atoms with Crippen LogP contribution in [0.2, 0.25) is 0 Å². The minimum Gasteiger partial charge on any atom is -0.493 e. The smallest absolute Gasteiger partial charge is 0.412 e. The summed E-state index contributed by atoms with van der Waals surface area (Å²) in [5.74, 6) is 1.85. The fourth-order valence-electron chi connectivity index (χ4n) is 4.86. The monoisotopic (exact) mass is 501 g/mol. The number of hydrogen-bond acceptors (Lipinski definition) is 7. The molecule has 3 heterocycles. The fourth-order valence-corrected chi connectivity index (χ4v) is 4.86. The minimum absolute atomic E-state index is 0.0350. The van der Waals surface area contributed by atoms with Crippen molar-refractivity contribution in [3.8, 4) is 28.5 Å². The van der Waals surface area contributed by atoms with Crippen molar-refractivity contribution in [2.75, 3.05) is 32.2 Å². The van der Waals surface area contributed by atoms with Crippen LogP contribution in [0.25, 0.3) is 16.9 Å². The van der Waals surface area contributed by atoms with Crippen LogP contribution in [0.3, 0.4) is 0 Å². The lowest BCUT2D eigenvalue weighted by Crippen LogP contribution is -2.38. The van der Waals surface area contributed by atoms with Gasteiger partial charge >= 0.3 is 6.09 Å². The summed E-state index contributed by atoms with van der Waals surface area (Å²) in [6, 6.07) is 15.3. The van der Waals surface area contributed by atoms with Gasteiger partial charge in [-0.25, -0.2) is 14.3 Å². The van der Waals surface area contributed by atoms with E-state index >= 15 is 0 Å². The van der Waals surface area contributed by atoms with Gasteiger partial charge < -0.3 is 24.4 Å². The lowest BCUT2D eigenvalue weighted by atomic mass is 10.1. The molecule has 2 aromatic heterocycles. The third-order valence-electron chi connectivity index (χ3n) is 6.57. The third kappa shape index (κ3) is 4.89. The molecule has 0 saturated carbocycles. The Bertz CT molecular complexity index is 1460. The molecule has 1 N–H and O–H groups in total. The summed E-state index contributed by atoms with van der Waals surface area (Å²) in [5, 5.41) is 7.79. The number of aryl methyl sites for hydroxylation is 3. The van der Waals surface area contributed by atoms with Crippen LogP contribution in [0.1, 0.15) is 23.4 Å². The van der Waals surface area contributed by atoms with E-state index in [0.717, 1.165) is 52.5 Å². The molecule has 5 rings (SSSR count). The predicted octanol–water partition coefficient (Wildman–Crippen LogP) is 4.71. The molecule has 1 fully saturated rings. The van der Waals surface area contributed by atoms with E-state index in [0.29, 0.717) is 23.8 Å². The van der Waals surface area contributed by atoms with Gasteiger partial charge in [0, 0.05) is 18.7 Å². The summed E-state index contributed by atoms with van der Waals surface area (Å²) < 4.78 is 18.3. The number of rotatable bonds is 6. The summed E-state index contributed by atoms with van der Waals surface area (Å²) in [7, 11) is 3.24. The Kier molecular flexibility index (Phi) is 6.60. The third-order valence-corrected chi connectivity index (χ3v) is 6.57. The molecule has 0 aliphatic carbocycles. The van der Waals surface area contributed by atoms with Crippen LogP contribution in [-0.4, -0.2) is 54.0 Å². The van der Waals surface area contributed by atoms with Crippen molar-refractivity contribution in [3.63, 3.8) is 0 Å². The van der Waals surface area contributed by atoms with Gasteiger partial charge in [-0.1, -0.05) is 12.1 Å². The first-order valence-corrected chi connectivity index (χ1v) is 12.3. The molecule has 1 saturated heterocycles. The number of ether oxygens (including phenoxy) is 3. The number of carbonyl (C=O) groups excluding carboxylic acids is 1. The summed E-state index contributed by atoms with van der Waals surface area (Å²) in [6.45, 7) is 7.36. The number of methoxy groups -OCH3 is 2. The number of nitrogens with one attached hydrogen (secondary N) is 1. The van der Waals surface area contributed by atoms with Gasteiger partial charge in [-0.2, -0.15) is 5.10 Å². The predicted molar refractivity (Wildman–Crippen MR) is 142 cm³/mol. The van der Waals surface area contributed by atoms with Gasteiger partial charge in [0.2, 0.25) is 0 Å². The Morgan fingerprint density at radius 1 is 1.03 bits per heavy atom. The Morgan fingerprint density at radius 3 is 2.59 bits per heavy atom. The average molecular weight is 502 g/mol. The Balaban J connectivity index is 1.39. The molecule has 1 aliphatic rings. The zero-order valence-electron chi connectivity index (χ0n) is 21.7. The maximum absolute atomic E-state index is 12.5. The second-order valence-electron chi connectivity index (χ2n) is 9.30. The van der Waals surface area contributed by atoms with Crippen LogP contribution >= 0.6 is 0 Å². The first-order chi connectivity index (χ1) is 17.9. The molecule has 0 bridgehead atoms. The maximum Gasteiger partial charge on any atom is 0.412 e. The summed E-state index contributed by atoms with van der Waals surface area (Å²) in [4.78, 5) is 19.6. The van der Waals surface area contributed by atoms with Crippen molar-refractivity contribution in [2.45, 2.75) is 33.2 Å². The molecule has 9 nitrogen and oxygen atoms in total. The number of anilines is 1. The number of nitrogens with zero attached hydrogens (tertiary/aromatic N) is 4. The average Bonchev–Trinajstić information content (AvgIpc) is 3.46. The second kappa shape index (κ2) is 10.0. The van der Waals surface area contributed by atoms with Crippen molar-refractivity contribution in [1.29, 1.82) is 0 Å². The van der Waals surface area contributed by atoms with E-state index in [4.69, 9.17) is 24.3 Å². The van der Waals surface area contributed by atoms with Gasteiger partial charge in [0.25, 0.3) is 0 Å². The van der Waals surface area contributed by atoms with E-state index in [1.165, 1.54) is 0 Å². The zero-order chi connectivity index (χ0) is 26.1. The molecular formula is C28H31N5O4. The van der Waals surface area contributed by atoms with Crippen molar-refractivity contribution in [2.24, 2.45) is 0 Å². The molecule has 1 atom stereocenters. The van der Waals surface area contributed by atoms with E-state index in [1.807, 2.05) is 67.8 Å². The van der Waals surface area contributed by atoms with E-state index < -0.39 is 6.09 Å². The van der Waals surface area contributed by atoms with Gasteiger partial charge in [-0.3, -0.25) is 0 Å². The lowest BCUT2D eigenvalue weighted by Gasteiger charge is -2.20. The molecule has 1 amide bonds. The molecule has 37 heavy (non-hydrogen) atoms. The topological polar surface area (TPSA) is 90.2 Å². The van der Waals surface area contributed by atoms with Crippen LogP contribution in [0.15, 0.2) is 48.5 Å². The number of benzene rings is 2. The number of fused-ring (bicyclic) bond motifs is 1. The van der Waals surface area contributed by atoms with Crippen molar-refractivity contribution in [1.82, 2.24) is 19.9 Å². The van der Waals surface area contributed by atoms with Crippen LogP contribution < -0.4 is 24.4 Å². The molecule has 9 heteroatoms. The number of aromatic nitrogens is 3. The Hall–Kier alpha value is -4.27. The van der Waals surface area contributed by atoms with Gasteiger partial charge in [-0.15, -0.1) is 0 Å². The summed E-state index contributed by atoms with van der Waals surface area (Å²) in [5.41, 5.74) is 6.37. The molecule has 2 aromatic carbocycles. The molecule has 0 radical (unpaired) electrons.